The van der Waals surface area contributed by atoms with Gasteiger partial charge < -0.3 is 15.5 Å². The van der Waals surface area contributed by atoms with Gasteiger partial charge in [0.2, 0.25) is 0 Å². The van der Waals surface area contributed by atoms with Crippen molar-refractivity contribution in [2.45, 2.75) is 6.92 Å². The molecule has 0 aliphatic rings. The van der Waals surface area contributed by atoms with Crippen LogP contribution in [-0.2, 0) is 0 Å². The molecule has 0 saturated carbocycles. The van der Waals surface area contributed by atoms with E-state index >= 15 is 0 Å². The first-order valence-corrected chi connectivity index (χ1v) is 6.89. The predicted molar refractivity (Wildman–Crippen MR) is 87.1 cm³/mol. The maximum absolute atomic E-state index is 12.2. The third-order valence-electron chi connectivity index (χ3n) is 3.00. The number of rotatable bonds is 5. The molecule has 0 fully saturated rings. The van der Waals surface area contributed by atoms with Crippen LogP contribution in [-0.4, -0.2) is 31.5 Å². The summed E-state index contributed by atoms with van der Waals surface area (Å²) >= 11 is 0. The van der Waals surface area contributed by atoms with Crippen LogP contribution in [0.2, 0.25) is 0 Å². The van der Waals surface area contributed by atoms with Crippen LogP contribution in [0.4, 0.5) is 17.2 Å². The minimum atomic E-state index is -0.165. The van der Waals surface area contributed by atoms with E-state index in [1.807, 2.05) is 50.2 Å². The number of benzene rings is 1. The second-order valence-corrected chi connectivity index (χ2v) is 4.86. The predicted octanol–water partition coefficient (Wildman–Crippen LogP) is 2.83. The Hall–Kier alpha value is -2.56. The van der Waals surface area contributed by atoms with Gasteiger partial charge in [0, 0.05) is 38.2 Å². The van der Waals surface area contributed by atoms with Gasteiger partial charge >= 0.3 is 0 Å². The Bertz CT molecular complexity index is 608. The van der Waals surface area contributed by atoms with Crippen molar-refractivity contribution in [3.63, 3.8) is 0 Å². The van der Waals surface area contributed by atoms with Crippen LogP contribution in [0.3, 0.4) is 0 Å². The van der Waals surface area contributed by atoms with E-state index in [9.17, 15) is 4.79 Å². The van der Waals surface area contributed by atoms with Gasteiger partial charge in [0.1, 0.15) is 5.82 Å². The first kappa shape index (κ1) is 14.8. The molecule has 0 atom stereocenters. The molecule has 2 aromatic rings. The zero-order chi connectivity index (χ0) is 15.2. The van der Waals surface area contributed by atoms with Crippen molar-refractivity contribution in [2.75, 3.05) is 36.2 Å². The van der Waals surface area contributed by atoms with Gasteiger partial charge in [-0.2, -0.15) is 0 Å². The lowest BCUT2D eigenvalue weighted by atomic mass is 10.2. The Morgan fingerprint density at radius 2 is 2.05 bits per heavy atom. The summed E-state index contributed by atoms with van der Waals surface area (Å²) in [5.41, 5.74) is 2.34. The molecule has 2 N–H and O–H groups in total. The topological polar surface area (TPSA) is 57.3 Å². The van der Waals surface area contributed by atoms with E-state index in [0.717, 1.165) is 23.7 Å². The Labute approximate surface area is 125 Å². The number of carbonyl (C=O) groups excluding carboxylic acids is 1. The summed E-state index contributed by atoms with van der Waals surface area (Å²) in [4.78, 5) is 18.4. The fourth-order valence-corrected chi connectivity index (χ4v) is 1.88. The van der Waals surface area contributed by atoms with Crippen molar-refractivity contribution in [2.24, 2.45) is 0 Å². The molecule has 0 spiro atoms. The summed E-state index contributed by atoms with van der Waals surface area (Å²) < 4.78 is 0. The Morgan fingerprint density at radius 3 is 2.67 bits per heavy atom. The molecule has 0 aliphatic heterocycles. The number of hydrogen-bond donors (Lipinski definition) is 2. The molecule has 0 radical (unpaired) electrons. The van der Waals surface area contributed by atoms with Gasteiger partial charge in [-0.3, -0.25) is 4.79 Å². The molecule has 1 amide bonds. The molecule has 5 nitrogen and oxygen atoms in total. The summed E-state index contributed by atoms with van der Waals surface area (Å²) in [5.74, 6) is 0.602. The normalized spacial score (nSPS) is 10.0. The second-order valence-electron chi connectivity index (χ2n) is 4.86. The van der Waals surface area contributed by atoms with Crippen LogP contribution >= 0.6 is 0 Å². The monoisotopic (exact) mass is 284 g/mol. The van der Waals surface area contributed by atoms with Gasteiger partial charge in [0.05, 0.1) is 5.56 Å². The smallest absolute Gasteiger partial charge is 0.257 e. The van der Waals surface area contributed by atoms with E-state index in [1.165, 1.54) is 0 Å². The van der Waals surface area contributed by atoms with Crippen LogP contribution < -0.4 is 15.5 Å². The van der Waals surface area contributed by atoms with E-state index in [1.54, 1.807) is 18.3 Å². The molecule has 1 aromatic carbocycles. The van der Waals surface area contributed by atoms with E-state index in [0.29, 0.717) is 5.56 Å². The summed E-state index contributed by atoms with van der Waals surface area (Å²) in [6.07, 6.45) is 1.57. The Balaban J connectivity index is 2.08. The lowest BCUT2D eigenvalue weighted by Gasteiger charge is -2.14. The Kier molecular flexibility index (Phi) is 4.77. The minimum Gasteiger partial charge on any atom is -0.378 e. The first-order valence-electron chi connectivity index (χ1n) is 6.89. The molecule has 0 bridgehead atoms. The number of aromatic nitrogens is 1. The molecular weight excluding hydrogens is 264 g/mol. The highest BCUT2D eigenvalue weighted by Gasteiger charge is 2.07. The van der Waals surface area contributed by atoms with Gasteiger partial charge in [0.25, 0.3) is 5.91 Å². The van der Waals surface area contributed by atoms with Crippen LogP contribution in [0, 0.1) is 0 Å². The fourth-order valence-electron chi connectivity index (χ4n) is 1.88. The summed E-state index contributed by atoms with van der Waals surface area (Å²) in [6, 6.07) is 11.3. The maximum atomic E-state index is 12.2. The highest BCUT2D eigenvalue weighted by molar-refractivity contribution is 6.04. The van der Waals surface area contributed by atoms with Crippen molar-refractivity contribution in [3.8, 4) is 0 Å². The largest absolute Gasteiger partial charge is 0.378 e. The molecule has 0 unspecified atom stereocenters. The maximum Gasteiger partial charge on any atom is 0.257 e. The number of carbonyl (C=O) groups is 1. The van der Waals surface area contributed by atoms with E-state index in [-0.39, 0.29) is 5.91 Å². The third-order valence-corrected chi connectivity index (χ3v) is 3.00. The average Bonchev–Trinajstić information content (AvgIpc) is 2.48. The zero-order valence-electron chi connectivity index (χ0n) is 12.6. The molecule has 21 heavy (non-hydrogen) atoms. The summed E-state index contributed by atoms with van der Waals surface area (Å²) in [7, 11) is 3.93. The van der Waals surface area contributed by atoms with Gasteiger partial charge in [-0.1, -0.05) is 6.07 Å². The SMILES string of the molecule is CCNc1ccc(C(=O)Nc2cccc(N(C)C)c2)cn1. The first-order chi connectivity index (χ1) is 10.1. The standard InChI is InChI=1S/C16H20N4O/c1-4-17-15-9-8-12(11-18-15)16(21)19-13-6-5-7-14(10-13)20(2)3/h5-11H,4H2,1-3H3,(H,17,18)(H,19,21). The number of nitrogens with zero attached hydrogens (tertiary/aromatic N) is 2. The van der Waals surface area contributed by atoms with Crippen molar-refractivity contribution in [3.05, 3.63) is 48.2 Å². The molecular formula is C16H20N4O. The summed E-state index contributed by atoms with van der Waals surface area (Å²) in [6.45, 7) is 2.80. The zero-order valence-corrected chi connectivity index (χ0v) is 12.6. The molecule has 1 aromatic heterocycles. The highest BCUT2D eigenvalue weighted by Crippen LogP contribution is 2.18. The van der Waals surface area contributed by atoms with Gasteiger partial charge in [0.15, 0.2) is 0 Å². The van der Waals surface area contributed by atoms with Crippen LogP contribution in [0.15, 0.2) is 42.6 Å². The lowest BCUT2D eigenvalue weighted by molar-refractivity contribution is 0.102. The number of hydrogen-bond acceptors (Lipinski definition) is 4. The molecule has 5 heteroatoms. The van der Waals surface area contributed by atoms with E-state index in [2.05, 4.69) is 15.6 Å². The quantitative estimate of drug-likeness (QED) is 0.886. The summed E-state index contributed by atoms with van der Waals surface area (Å²) in [5, 5.41) is 5.97. The molecule has 110 valence electrons. The second kappa shape index (κ2) is 6.74. The fraction of sp³-hybridized carbons (Fsp3) is 0.250. The number of pyridine rings is 1. The van der Waals surface area contributed by atoms with Gasteiger partial charge in [-0.25, -0.2) is 4.98 Å². The number of anilines is 3. The Morgan fingerprint density at radius 1 is 1.24 bits per heavy atom. The van der Waals surface area contributed by atoms with E-state index in [4.69, 9.17) is 0 Å². The highest BCUT2D eigenvalue weighted by atomic mass is 16.1. The molecule has 2 rings (SSSR count). The molecule has 0 saturated heterocycles. The van der Waals surface area contributed by atoms with Crippen LogP contribution in [0.5, 0.6) is 0 Å². The van der Waals surface area contributed by atoms with Gasteiger partial charge in [-0.05, 0) is 37.3 Å². The number of amides is 1. The minimum absolute atomic E-state index is 0.165. The van der Waals surface area contributed by atoms with Crippen molar-refractivity contribution < 1.29 is 4.79 Å². The number of nitrogens with one attached hydrogen (secondary N) is 2. The van der Waals surface area contributed by atoms with Gasteiger partial charge in [-0.15, -0.1) is 0 Å². The van der Waals surface area contributed by atoms with Crippen molar-refractivity contribution in [1.82, 2.24) is 4.98 Å². The van der Waals surface area contributed by atoms with E-state index < -0.39 is 0 Å². The van der Waals surface area contributed by atoms with Crippen molar-refractivity contribution in [1.29, 1.82) is 0 Å². The third kappa shape index (κ3) is 3.95. The van der Waals surface area contributed by atoms with Crippen LogP contribution in [0.1, 0.15) is 17.3 Å². The van der Waals surface area contributed by atoms with Crippen molar-refractivity contribution >= 4 is 23.1 Å². The molecule has 0 aliphatic carbocycles. The average molecular weight is 284 g/mol. The lowest BCUT2D eigenvalue weighted by Crippen LogP contribution is -2.14. The molecule has 1 heterocycles. The van der Waals surface area contributed by atoms with Crippen LogP contribution in [0.25, 0.3) is 0 Å².